The molecule has 30 heavy (non-hydrogen) atoms. The van der Waals surface area contributed by atoms with Crippen molar-refractivity contribution in [2.45, 2.75) is 12.8 Å². The molecule has 0 bridgehead atoms. The Hall–Kier alpha value is -2.96. The minimum atomic E-state index is -4.20. The minimum absolute atomic E-state index is 0.00516. The monoisotopic (exact) mass is 426 g/mol. The van der Waals surface area contributed by atoms with Gasteiger partial charge in [0.15, 0.2) is 5.85 Å². The lowest BCUT2D eigenvalue weighted by Gasteiger charge is -2.17. The number of hydrogen-bond donors (Lipinski definition) is 4. The third-order valence-electron chi connectivity index (χ3n) is 4.50. The van der Waals surface area contributed by atoms with Crippen molar-refractivity contribution in [3.63, 3.8) is 0 Å². The predicted octanol–water partition coefficient (Wildman–Crippen LogP) is 4.40. The van der Waals surface area contributed by atoms with Crippen LogP contribution >= 0.6 is 7.60 Å². The van der Waals surface area contributed by atoms with Gasteiger partial charge in [0.25, 0.3) is 5.91 Å². The Labute approximate surface area is 174 Å². The molecule has 0 aromatic heterocycles. The van der Waals surface area contributed by atoms with Crippen LogP contribution in [0.2, 0.25) is 0 Å². The largest absolute Gasteiger partial charge is 0.397 e. The van der Waals surface area contributed by atoms with Crippen LogP contribution in [0.1, 0.15) is 28.7 Å². The SMILES string of the molecule is CCOP(=O)(O)C(O)c1ccc(C(=O)Nc2cc(-c3ccccc3)ccc2N)cc1. The van der Waals surface area contributed by atoms with Crippen LogP contribution in [0.25, 0.3) is 11.1 Å². The zero-order chi connectivity index (χ0) is 21.7. The van der Waals surface area contributed by atoms with E-state index in [0.717, 1.165) is 11.1 Å². The highest BCUT2D eigenvalue weighted by molar-refractivity contribution is 7.53. The lowest BCUT2D eigenvalue weighted by atomic mass is 10.0. The Morgan fingerprint density at radius 2 is 1.73 bits per heavy atom. The van der Waals surface area contributed by atoms with Crippen LogP contribution in [-0.4, -0.2) is 22.5 Å². The topological polar surface area (TPSA) is 122 Å². The molecule has 1 amide bonds. The Kier molecular flexibility index (Phi) is 6.70. The maximum Gasteiger partial charge on any atom is 0.360 e. The summed E-state index contributed by atoms with van der Waals surface area (Å²) in [5.41, 5.74) is 9.30. The zero-order valence-corrected chi connectivity index (χ0v) is 17.3. The van der Waals surface area contributed by atoms with Gasteiger partial charge >= 0.3 is 7.60 Å². The number of carbonyl (C=O) groups is 1. The van der Waals surface area contributed by atoms with E-state index < -0.39 is 19.3 Å². The molecule has 0 aliphatic rings. The standard InChI is InChI=1S/C22H23N2O5P/c1-2-29-30(27,28)22(26)17-10-8-16(9-11-17)21(25)24-20-14-18(12-13-19(20)23)15-6-4-3-5-7-15/h3-14,22,26H,2,23H2,1H3,(H,24,25)(H,27,28). The van der Waals surface area contributed by atoms with Gasteiger partial charge in [-0.05, 0) is 47.9 Å². The van der Waals surface area contributed by atoms with E-state index in [-0.39, 0.29) is 12.2 Å². The summed E-state index contributed by atoms with van der Waals surface area (Å²) < 4.78 is 16.7. The van der Waals surface area contributed by atoms with Crippen LogP contribution in [0, 0.1) is 0 Å². The van der Waals surface area contributed by atoms with Crippen LogP contribution < -0.4 is 11.1 Å². The molecular weight excluding hydrogens is 403 g/mol. The average molecular weight is 426 g/mol. The number of rotatable bonds is 7. The lowest BCUT2D eigenvalue weighted by Crippen LogP contribution is -2.13. The van der Waals surface area contributed by atoms with Crippen LogP contribution in [0.3, 0.4) is 0 Å². The van der Waals surface area contributed by atoms with Gasteiger partial charge in [-0.15, -0.1) is 0 Å². The van der Waals surface area contributed by atoms with Crippen molar-refractivity contribution in [1.82, 2.24) is 0 Å². The number of amides is 1. The number of carbonyl (C=O) groups excluding carboxylic acids is 1. The summed E-state index contributed by atoms with van der Waals surface area (Å²) in [6, 6.07) is 20.8. The number of anilines is 2. The van der Waals surface area contributed by atoms with Crippen molar-refractivity contribution in [3.05, 3.63) is 83.9 Å². The zero-order valence-electron chi connectivity index (χ0n) is 16.4. The van der Waals surface area contributed by atoms with Gasteiger partial charge in [-0.1, -0.05) is 48.5 Å². The first-order chi connectivity index (χ1) is 14.3. The highest BCUT2D eigenvalue weighted by Crippen LogP contribution is 2.54. The number of nitrogens with one attached hydrogen (secondary N) is 1. The van der Waals surface area contributed by atoms with Gasteiger partial charge in [0, 0.05) is 5.56 Å². The van der Waals surface area contributed by atoms with Crippen LogP contribution in [0.5, 0.6) is 0 Å². The average Bonchev–Trinajstić information content (AvgIpc) is 2.75. The molecule has 3 rings (SSSR count). The van der Waals surface area contributed by atoms with Gasteiger partial charge in [0.2, 0.25) is 0 Å². The third-order valence-corrected chi connectivity index (χ3v) is 6.05. The second kappa shape index (κ2) is 9.24. The van der Waals surface area contributed by atoms with Gasteiger partial charge in [0.05, 0.1) is 18.0 Å². The number of nitrogens with two attached hydrogens (primary N) is 1. The molecular formula is C22H23N2O5P. The molecule has 0 fully saturated rings. The molecule has 0 saturated carbocycles. The number of hydrogen-bond acceptors (Lipinski definition) is 5. The van der Waals surface area contributed by atoms with Gasteiger partial charge in [-0.25, -0.2) is 0 Å². The first-order valence-corrected chi connectivity index (χ1v) is 11.0. The van der Waals surface area contributed by atoms with E-state index in [0.29, 0.717) is 16.9 Å². The molecule has 0 spiro atoms. The van der Waals surface area contributed by atoms with Crippen molar-refractivity contribution < 1.29 is 23.9 Å². The fourth-order valence-corrected chi connectivity index (χ4v) is 3.98. The molecule has 8 heteroatoms. The highest BCUT2D eigenvalue weighted by atomic mass is 31.2. The quantitative estimate of drug-likeness (QED) is 0.328. The molecule has 2 unspecified atom stereocenters. The van der Waals surface area contributed by atoms with Crippen LogP contribution in [0.15, 0.2) is 72.8 Å². The van der Waals surface area contributed by atoms with Crippen molar-refractivity contribution in [2.75, 3.05) is 17.7 Å². The Morgan fingerprint density at radius 1 is 1.07 bits per heavy atom. The molecule has 7 nitrogen and oxygen atoms in total. The van der Waals surface area contributed by atoms with E-state index in [1.54, 1.807) is 19.1 Å². The van der Waals surface area contributed by atoms with E-state index in [1.165, 1.54) is 24.3 Å². The molecule has 3 aromatic carbocycles. The summed E-state index contributed by atoms with van der Waals surface area (Å²) in [6.07, 6.45) is 0. The minimum Gasteiger partial charge on any atom is -0.397 e. The maximum absolute atomic E-state index is 12.6. The van der Waals surface area contributed by atoms with Crippen molar-refractivity contribution in [1.29, 1.82) is 0 Å². The smallest absolute Gasteiger partial charge is 0.360 e. The summed E-state index contributed by atoms with van der Waals surface area (Å²) in [7, 11) is -4.20. The molecule has 0 saturated heterocycles. The molecule has 3 aromatic rings. The van der Waals surface area contributed by atoms with Gasteiger partial charge in [-0.3, -0.25) is 9.36 Å². The van der Waals surface area contributed by atoms with Gasteiger partial charge < -0.3 is 25.6 Å². The number of aliphatic hydroxyl groups is 1. The van der Waals surface area contributed by atoms with E-state index >= 15 is 0 Å². The molecule has 2 atom stereocenters. The summed E-state index contributed by atoms with van der Waals surface area (Å²) >= 11 is 0. The maximum atomic E-state index is 12.6. The Morgan fingerprint density at radius 3 is 2.37 bits per heavy atom. The number of benzene rings is 3. The summed E-state index contributed by atoms with van der Waals surface area (Å²) in [4.78, 5) is 22.4. The van der Waals surface area contributed by atoms with E-state index in [1.807, 2.05) is 36.4 Å². The lowest BCUT2D eigenvalue weighted by molar-refractivity contribution is 0.102. The van der Waals surface area contributed by atoms with Crippen LogP contribution in [0.4, 0.5) is 11.4 Å². The summed E-state index contributed by atoms with van der Waals surface area (Å²) in [5, 5.41) is 12.8. The molecule has 0 aliphatic heterocycles. The molecule has 0 radical (unpaired) electrons. The first kappa shape index (κ1) is 21.7. The van der Waals surface area contributed by atoms with E-state index in [9.17, 15) is 19.4 Å². The van der Waals surface area contributed by atoms with Crippen molar-refractivity contribution >= 4 is 24.9 Å². The normalized spacial score (nSPS) is 14.0. The molecule has 0 aliphatic carbocycles. The highest BCUT2D eigenvalue weighted by Gasteiger charge is 2.31. The second-order valence-electron chi connectivity index (χ2n) is 6.60. The number of nitrogen functional groups attached to an aromatic ring is 1. The Bertz CT molecular complexity index is 1070. The fraction of sp³-hybridized carbons (Fsp3) is 0.136. The van der Waals surface area contributed by atoms with Gasteiger partial charge in [0.1, 0.15) is 0 Å². The van der Waals surface area contributed by atoms with E-state index in [2.05, 4.69) is 5.32 Å². The first-order valence-electron chi connectivity index (χ1n) is 9.33. The van der Waals surface area contributed by atoms with Crippen molar-refractivity contribution in [3.8, 4) is 11.1 Å². The van der Waals surface area contributed by atoms with E-state index in [4.69, 9.17) is 10.3 Å². The fourth-order valence-electron chi connectivity index (χ4n) is 2.92. The Balaban J connectivity index is 1.77. The number of aliphatic hydroxyl groups excluding tert-OH is 1. The summed E-state index contributed by atoms with van der Waals surface area (Å²) in [6.45, 7) is 1.55. The molecule has 0 heterocycles. The molecule has 156 valence electrons. The summed E-state index contributed by atoms with van der Waals surface area (Å²) in [5.74, 6) is -2.09. The molecule has 5 N–H and O–H groups in total. The third kappa shape index (κ3) is 4.96. The van der Waals surface area contributed by atoms with Crippen LogP contribution in [-0.2, 0) is 9.09 Å². The second-order valence-corrected chi connectivity index (χ2v) is 8.48. The van der Waals surface area contributed by atoms with Crippen molar-refractivity contribution in [2.24, 2.45) is 0 Å². The predicted molar refractivity (Wildman–Crippen MR) is 117 cm³/mol. The van der Waals surface area contributed by atoms with Gasteiger partial charge in [-0.2, -0.15) is 0 Å².